The molecule has 0 fully saturated rings. The number of aromatic hydroxyl groups is 1. The predicted molar refractivity (Wildman–Crippen MR) is 107 cm³/mol. The molecule has 0 radical (unpaired) electrons. The molecule has 0 spiro atoms. The number of benzene rings is 2. The summed E-state index contributed by atoms with van der Waals surface area (Å²) in [6, 6.07) is 12.1. The Morgan fingerprint density at radius 1 is 1.14 bits per heavy atom. The van der Waals surface area contributed by atoms with E-state index in [1.165, 1.54) is 12.3 Å². The predicted octanol–water partition coefficient (Wildman–Crippen LogP) is 4.19. The van der Waals surface area contributed by atoms with Gasteiger partial charge in [-0.25, -0.2) is 9.97 Å². The molecule has 2 aromatic carbocycles. The molecule has 0 amide bonds. The van der Waals surface area contributed by atoms with Gasteiger partial charge in [-0.2, -0.15) is 0 Å². The lowest BCUT2D eigenvalue weighted by molar-refractivity contribution is 0.350. The van der Waals surface area contributed by atoms with Crippen molar-refractivity contribution in [1.82, 2.24) is 9.97 Å². The van der Waals surface area contributed by atoms with Crippen LogP contribution in [0.2, 0.25) is 0 Å². The molecule has 3 N–H and O–H groups in total. The van der Waals surface area contributed by atoms with Crippen molar-refractivity contribution >= 4 is 5.95 Å². The lowest BCUT2D eigenvalue weighted by atomic mass is 10.1. The first-order chi connectivity index (χ1) is 13.5. The average Bonchev–Trinajstić information content (AvgIpc) is 2.68. The van der Waals surface area contributed by atoms with E-state index >= 15 is 0 Å². The Morgan fingerprint density at radius 3 is 2.57 bits per heavy atom. The van der Waals surface area contributed by atoms with Gasteiger partial charge in [0.05, 0.1) is 13.3 Å². The Balaban J connectivity index is 1.98. The molecule has 7 heteroatoms. The molecule has 7 nitrogen and oxygen atoms in total. The summed E-state index contributed by atoms with van der Waals surface area (Å²) >= 11 is 0. The number of para-hydroxylation sites is 2. The second-order valence-corrected chi connectivity index (χ2v) is 6.12. The monoisotopic (exact) mass is 379 g/mol. The standard InChI is InChI=1S/C21H21N3O4/c1-13(2)12-27-14-8-9-15(16(25)10-14)20-19(11-23-21(22)24-20)28-18-7-5-4-6-17(18)26-3/h4-11,25H,1,12H2,2-3H3,(H2,22,23,24). The van der Waals surface area contributed by atoms with Gasteiger partial charge in [0, 0.05) is 11.6 Å². The number of rotatable bonds is 7. The molecule has 144 valence electrons. The fourth-order valence-corrected chi connectivity index (χ4v) is 2.48. The molecule has 0 atom stereocenters. The molecule has 1 heterocycles. The van der Waals surface area contributed by atoms with Crippen molar-refractivity contribution in [3.05, 3.63) is 60.8 Å². The highest BCUT2D eigenvalue weighted by atomic mass is 16.5. The van der Waals surface area contributed by atoms with Crippen LogP contribution in [-0.2, 0) is 0 Å². The molecule has 3 rings (SSSR count). The summed E-state index contributed by atoms with van der Waals surface area (Å²) in [7, 11) is 1.55. The summed E-state index contributed by atoms with van der Waals surface area (Å²) in [5, 5.41) is 10.5. The zero-order valence-electron chi connectivity index (χ0n) is 15.7. The second kappa shape index (κ2) is 8.30. The maximum atomic E-state index is 10.5. The molecule has 0 aliphatic carbocycles. The minimum absolute atomic E-state index is 0.0257. The third-order valence-electron chi connectivity index (χ3n) is 3.77. The van der Waals surface area contributed by atoms with E-state index in [1.54, 1.807) is 31.4 Å². The van der Waals surface area contributed by atoms with E-state index in [2.05, 4.69) is 16.5 Å². The number of nitrogens with two attached hydrogens (primary N) is 1. The van der Waals surface area contributed by atoms with E-state index in [-0.39, 0.29) is 11.7 Å². The molecule has 1 aromatic heterocycles. The highest BCUT2D eigenvalue weighted by Gasteiger charge is 2.17. The van der Waals surface area contributed by atoms with Crippen molar-refractivity contribution < 1.29 is 19.3 Å². The normalized spacial score (nSPS) is 10.4. The largest absolute Gasteiger partial charge is 0.507 e. The second-order valence-electron chi connectivity index (χ2n) is 6.12. The number of hydrogen-bond acceptors (Lipinski definition) is 7. The Morgan fingerprint density at radius 2 is 1.89 bits per heavy atom. The average molecular weight is 379 g/mol. The zero-order valence-corrected chi connectivity index (χ0v) is 15.7. The van der Waals surface area contributed by atoms with Crippen LogP contribution in [0.3, 0.4) is 0 Å². The minimum atomic E-state index is -0.0257. The van der Waals surface area contributed by atoms with E-state index in [0.29, 0.717) is 40.9 Å². The lowest BCUT2D eigenvalue weighted by Gasteiger charge is -2.14. The van der Waals surface area contributed by atoms with Crippen molar-refractivity contribution in [3.8, 4) is 40.0 Å². The van der Waals surface area contributed by atoms with Crippen molar-refractivity contribution in [1.29, 1.82) is 0 Å². The number of methoxy groups -OCH3 is 1. The smallest absolute Gasteiger partial charge is 0.220 e. The van der Waals surface area contributed by atoms with Crippen LogP contribution >= 0.6 is 0 Å². The first kappa shape index (κ1) is 19.0. The van der Waals surface area contributed by atoms with E-state index in [1.807, 2.05) is 19.1 Å². The summed E-state index contributed by atoms with van der Waals surface area (Å²) in [5.74, 6) is 1.91. The molecule has 0 aliphatic rings. The number of nitrogen functional groups attached to an aromatic ring is 1. The van der Waals surface area contributed by atoms with Gasteiger partial charge >= 0.3 is 0 Å². The van der Waals surface area contributed by atoms with Crippen LogP contribution < -0.4 is 19.9 Å². The molecule has 28 heavy (non-hydrogen) atoms. The first-order valence-electron chi connectivity index (χ1n) is 8.52. The van der Waals surface area contributed by atoms with Crippen LogP contribution in [0.5, 0.6) is 28.7 Å². The lowest BCUT2D eigenvalue weighted by Crippen LogP contribution is -2.00. The van der Waals surface area contributed by atoms with Crippen LogP contribution in [0.25, 0.3) is 11.3 Å². The topological polar surface area (TPSA) is 99.7 Å². The first-order valence-corrected chi connectivity index (χ1v) is 8.52. The highest BCUT2D eigenvalue weighted by Crippen LogP contribution is 2.40. The fourth-order valence-electron chi connectivity index (χ4n) is 2.48. The van der Waals surface area contributed by atoms with E-state index in [9.17, 15) is 5.11 Å². The van der Waals surface area contributed by atoms with Crippen molar-refractivity contribution in [3.63, 3.8) is 0 Å². The van der Waals surface area contributed by atoms with Gasteiger partial charge in [0.2, 0.25) is 5.95 Å². The van der Waals surface area contributed by atoms with Crippen LogP contribution in [0.4, 0.5) is 5.95 Å². The van der Waals surface area contributed by atoms with Crippen LogP contribution in [0.15, 0.2) is 60.8 Å². The third kappa shape index (κ3) is 4.32. The molecule has 0 aliphatic heterocycles. The molecule has 0 saturated carbocycles. The number of phenolic OH excluding ortho intramolecular Hbond substituents is 1. The Labute approximate surface area is 163 Å². The Hall–Kier alpha value is -3.74. The summed E-state index contributed by atoms with van der Waals surface area (Å²) < 4.78 is 16.8. The van der Waals surface area contributed by atoms with Gasteiger partial charge in [-0.15, -0.1) is 0 Å². The van der Waals surface area contributed by atoms with Crippen molar-refractivity contribution in [2.24, 2.45) is 0 Å². The number of aromatic nitrogens is 2. The Bertz CT molecular complexity index is 1000. The number of ether oxygens (including phenoxy) is 3. The number of nitrogens with zero attached hydrogens (tertiary/aromatic N) is 2. The molecule has 0 bridgehead atoms. The van der Waals surface area contributed by atoms with Gasteiger partial charge in [0.1, 0.15) is 23.8 Å². The SMILES string of the molecule is C=C(C)COc1ccc(-c2nc(N)ncc2Oc2ccccc2OC)c(O)c1. The van der Waals surface area contributed by atoms with Crippen molar-refractivity contribution in [2.45, 2.75) is 6.92 Å². The molecular weight excluding hydrogens is 358 g/mol. The van der Waals surface area contributed by atoms with Gasteiger partial charge in [-0.1, -0.05) is 18.7 Å². The van der Waals surface area contributed by atoms with Gasteiger partial charge in [0.15, 0.2) is 17.2 Å². The Kier molecular flexibility index (Phi) is 5.64. The summed E-state index contributed by atoms with van der Waals surface area (Å²) in [6.07, 6.45) is 1.45. The maximum Gasteiger partial charge on any atom is 0.220 e. The molecular formula is C21H21N3O4. The van der Waals surface area contributed by atoms with Gasteiger partial charge in [0.25, 0.3) is 0 Å². The van der Waals surface area contributed by atoms with Crippen LogP contribution in [-0.4, -0.2) is 28.8 Å². The fraction of sp³-hybridized carbons (Fsp3) is 0.143. The summed E-state index contributed by atoms with van der Waals surface area (Å²) in [4.78, 5) is 8.24. The maximum absolute atomic E-state index is 10.5. The van der Waals surface area contributed by atoms with Crippen molar-refractivity contribution in [2.75, 3.05) is 19.5 Å². The quantitative estimate of drug-likeness (QED) is 0.594. The van der Waals surface area contributed by atoms with E-state index < -0.39 is 0 Å². The minimum Gasteiger partial charge on any atom is -0.507 e. The number of hydrogen-bond donors (Lipinski definition) is 2. The van der Waals surface area contributed by atoms with Crippen LogP contribution in [0.1, 0.15) is 6.92 Å². The molecule has 0 saturated heterocycles. The van der Waals surface area contributed by atoms with Gasteiger partial charge in [-0.3, -0.25) is 0 Å². The zero-order chi connectivity index (χ0) is 20.1. The van der Waals surface area contributed by atoms with E-state index in [0.717, 1.165) is 5.57 Å². The van der Waals surface area contributed by atoms with Gasteiger partial charge in [-0.05, 0) is 36.8 Å². The summed E-state index contributed by atoms with van der Waals surface area (Å²) in [6.45, 7) is 6.01. The van der Waals surface area contributed by atoms with E-state index in [4.69, 9.17) is 19.9 Å². The highest BCUT2D eigenvalue weighted by molar-refractivity contribution is 5.74. The third-order valence-corrected chi connectivity index (χ3v) is 3.77. The van der Waals surface area contributed by atoms with Crippen LogP contribution in [0, 0.1) is 0 Å². The number of anilines is 1. The number of phenols is 1. The molecule has 0 unspecified atom stereocenters. The summed E-state index contributed by atoms with van der Waals surface area (Å²) in [5.41, 5.74) is 7.41. The van der Waals surface area contributed by atoms with Gasteiger partial charge < -0.3 is 25.1 Å². The molecule has 3 aromatic rings.